The Morgan fingerprint density at radius 3 is 2.65 bits per heavy atom. The van der Waals surface area contributed by atoms with Crippen molar-refractivity contribution in [3.63, 3.8) is 0 Å². The van der Waals surface area contributed by atoms with Crippen LogP contribution < -0.4 is 9.64 Å². The molecule has 0 bridgehead atoms. The van der Waals surface area contributed by atoms with Gasteiger partial charge in [-0.3, -0.25) is 4.79 Å². The highest BCUT2D eigenvalue weighted by molar-refractivity contribution is 7.09. The number of aromatic nitrogens is 1. The van der Waals surface area contributed by atoms with Gasteiger partial charge >= 0.3 is 0 Å². The summed E-state index contributed by atoms with van der Waals surface area (Å²) in [6.45, 7) is 2.25. The van der Waals surface area contributed by atoms with Crippen LogP contribution >= 0.6 is 11.3 Å². The molecule has 0 saturated heterocycles. The van der Waals surface area contributed by atoms with Gasteiger partial charge in [-0.05, 0) is 42.6 Å². The number of amides is 1. The molecule has 5 nitrogen and oxygen atoms in total. The van der Waals surface area contributed by atoms with Crippen molar-refractivity contribution in [2.45, 2.75) is 13.5 Å². The number of nitrogens with zero attached hydrogens (tertiary/aromatic N) is 2. The minimum atomic E-state index is -0.194. The Bertz CT molecular complexity index is 779. The van der Waals surface area contributed by atoms with Gasteiger partial charge in [0, 0.05) is 16.6 Å². The molecule has 1 amide bonds. The van der Waals surface area contributed by atoms with E-state index < -0.39 is 0 Å². The summed E-state index contributed by atoms with van der Waals surface area (Å²) in [7, 11) is 1.61. The van der Waals surface area contributed by atoms with E-state index in [0.717, 1.165) is 16.3 Å². The van der Waals surface area contributed by atoms with Crippen molar-refractivity contribution in [2.75, 3.05) is 12.0 Å². The van der Waals surface area contributed by atoms with Gasteiger partial charge in [-0.2, -0.15) is 0 Å². The van der Waals surface area contributed by atoms with Crippen molar-refractivity contribution >= 4 is 22.9 Å². The van der Waals surface area contributed by atoms with Crippen molar-refractivity contribution < 1.29 is 14.1 Å². The Hall–Kier alpha value is -2.60. The lowest BCUT2D eigenvalue weighted by Crippen LogP contribution is -2.30. The van der Waals surface area contributed by atoms with Crippen molar-refractivity contribution in [3.05, 3.63) is 64.2 Å². The number of benzene rings is 1. The zero-order valence-electron chi connectivity index (χ0n) is 12.9. The van der Waals surface area contributed by atoms with Gasteiger partial charge in [0.1, 0.15) is 11.5 Å². The van der Waals surface area contributed by atoms with E-state index in [-0.39, 0.29) is 5.91 Å². The third kappa shape index (κ3) is 3.43. The van der Waals surface area contributed by atoms with Gasteiger partial charge in [0.05, 0.1) is 13.7 Å². The fourth-order valence-electron chi connectivity index (χ4n) is 2.21. The van der Waals surface area contributed by atoms with Gasteiger partial charge in [0.15, 0.2) is 5.69 Å². The number of methoxy groups -OCH3 is 1. The van der Waals surface area contributed by atoms with E-state index in [0.29, 0.717) is 18.0 Å². The van der Waals surface area contributed by atoms with E-state index in [1.54, 1.807) is 36.3 Å². The van der Waals surface area contributed by atoms with Gasteiger partial charge in [-0.25, -0.2) is 0 Å². The number of hydrogen-bond donors (Lipinski definition) is 0. The maximum absolute atomic E-state index is 12.8. The average molecular weight is 328 g/mol. The van der Waals surface area contributed by atoms with Crippen LogP contribution in [0.3, 0.4) is 0 Å². The first-order chi connectivity index (χ1) is 11.2. The lowest BCUT2D eigenvalue weighted by atomic mass is 10.2. The third-order valence-electron chi connectivity index (χ3n) is 3.37. The minimum absolute atomic E-state index is 0.194. The highest BCUT2D eigenvalue weighted by Gasteiger charge is 2.21. The summed E-state index contributed by atoms with van der Waals surface area (Å²) in [5, 5.41) is 5.83. The second kappa shape index (κ2) is 6.66. The van der Waals surface area contributed by atoms with E-state index in [1.807, 2.05) is 41.8 Å². The van der Waals surface area contributed by atoms with Crippen molar-refractivity contribution in [1.82, 2.24) is 5.16 Å². The third-order valence-corrected chi connectivity index (χ3v) is 4.23. The molecular weight excluding hydrogens is 312 g/mol. The first kappa shape index (κ1) is 15.3. The van der Waals surface area contributed by atoms with Crippen molar-refractivity contribution in [2.24, 2.45) is 0 Å². The standard InChI is InChI=1S/C17H16N2O3S/c1-12-10-16(18-22-12)17(20)19(11-15-4-3-9-23-15)13-5-7-14(21-2)8-6-13/h3-10H,11H2,1-2H3. The Morgan fingerprint density at radius 2 is 2.09 bits per heavy atom. The minimum Gasteiger partial charge on any atom is -0.497 e. The summed E-state index contributed by atoms with van der Waals surface area (Å²) >= 11 is 1.61. The second-order valence-corrected chi connectivity index (χ2v) is 6.02. The zero-order chi connectivity index (χ0) is 16.2. The summed E-state index contributed by atoms with van der Waals surface area (Å²) in [6, 6.07) is 13.0. The molecule has 1 aromatic carbocycles. The molecule has 0 aliphatic heterocycles. The van der Waals surface area contributed by atoms with Crippen LogP contribution in [0.25, 0.3) is 0 Å². The molecule has 0 unspecified atom stereocenters. The van der Waals surface area contributed by atoms with Gasteiger partial charge in [-0.1, -0.05) is 11.2 Å². The molecule has 3 rings (SSSR count). The molecule has 0 fully saturated rings. The molecule has 0 aliphatic rings. The summed E-state index contributed by atoms with van der Waals surface area (Å²) < 4.78 is 10.2. The lowest BCUT2D eigenvalue weighted by molar-refractivity contribution is 0.0976. The molecule has 3 aromatic rings. The molecule has 0 radical (unpaired) electrons. The van der Waals surface area contributed by atoms with Crippen LogP contribution in [0.4, 0.5) is 5.69 Å². The lowest BCUT2D eigenvalue weighted by Gasteiger charge is -2.21. The number of aryl methyl sites for hydroxylation is 1. The van der Waals surface area contributed by atoms with Crippen molar-refractivity contribution in [1.29, 1.82) is 0 Å². The van der Waals surface area contributed by atoms with Gasteiger partial charge < -0.3 is 14.2 Å². The smallest absolute Gasteiger partial charge is 0.280 e. The molecule has 0 N–H and O–H groups in total. The van der Waals surface area contributed by atoms with E-state index in [4.69, 9.17) is 9.26 Å². The van der Waals surface area contributed by atoms with E-state index >= 15 is 0 Å². The van der Waals surface area contributed by atoms with Crippen LogP contribution in [-0.2, 0) is 6.54 Å². The van der Waals surface area contributed by atoms with E-state index in [1.165, 1.54) is 0 Å². The fraction of sp³-hybridized carbons (Fsp3) is 0.176. The molecule has 6 heteroatoms. The van der Waals surface area contributed by atoms with Gasteiger partial charge in [0.2, 0.25) is 0 Å². The summed E-state index contributed by atoms with van der Waals surface area (Å²) in [4.78, 5) is 15.6. The normalized spacial score (nSPS) is 10.5. The summed E-state index contributed by atoms with van der Waals surface area (Å²) in [6.07, 6.45) is 0. The predicted molar refractivity (Wildman–Crippen MR) is 89.1 cm³/mol. The number of rotatable bonds is 5. The molecular formula is C17H16N2O3S. The number of hydrogen-bond acceptors (Lipinski definition) is 5. The Morgan fingerprint density at radius 1 is 1.30 bits per heavy atom. The highest BCUT2D eigenvalue weighted by atomic mass is 32.1. The molecule has 0 aliphatic carbocycles. The van der Waals surface area contributed by atoms with Crippen LogP contribution in [0.1, 0.15) is 21.1 Å². The van der Waals surface area contributed by atoms with Crippen LogP contribution in [0.2, 0.25) is 0 Å². The topological polar surface area (TPSA) is 55.6 Å². The number of carbonyl (C=O) groups is 1. The quantitative estimate of drug-likeness (QED) is 0.713. The van der Waals surface area contributed by atoms with E-state index in [2.05, 4.69) is 5.16 Å². The maximum Gasteiger partial charge on any atom is 0.280 e. The summed E-state index contributed by atoms with van der Waals surface area (Å²) in [5.74, 6) is 1.16. The van der Waals surface area contributed by atoms with Crippen LogP contribution in [-0.4, -0.2) is 18.2 Å². The van der Waals surface area contributed by atoms with Crippen LogP contribution in [0.15, 0.2) is 52.4 Å². The maximum atomic E-state index is 12.8. The van der Waals surface area contributed by atoms with E-state index in [9.17, 15) is 4.79 Å². The number of ether oxygens (including phenoxy) is 1. The Labute approximate surface area is 138 Å². The van der Waals surface area contributed by atoms with Crippen LogP contribution in [0, 0.1) is 6.92 Å². The Kier molecular flexibility index (Phi) is 4.43. The first-order valence-electron chi connectivity index (χ1n) is 7.09. The number of anilines is 1. The average Bonchev–Trinajstić information content (AvgIpc) is 3.24. The first-order valence-corrected chi connectivity index (χ1v) is 7.97. The summed E-state index contributed by atoms with van der Waals surface area (Å²) in [5.41, 5.74) is 1.08. The zero-order valence-corrected chi connectivity index (χ0v) is 13.7. The molecule has 0 atom stereocenters. The molecule has 23 heavy (non-hydrogen) atoms. The fourth-order valence-corrected chi connectivity index (χ4v) is 2.90. The SMILES string of the molecule is COc1ccc(N(Cc2cccs2)C(=O)c2cc(C)on2)cc1. The highest BCUT2D eigenvalue weighted by Crippen LogP contribution is 2.24. The molecule has 0 spiro atoms. The molecule has 0 saturated carbocycles. The molecule has 2 heterocycles. The number of carbonyl (C=O) groups excluding carboxylic acids is 1. The van der Waals surface area contributed by atoms with Crippen molar-refractivity contribution in [3.8, 4) is 5.75 Å². The molecule has 118 valence electrons. The monoisotopic (exact) mass is 328 g/mol. The Balaban J connectivity index is 1.93. The second-order valence-electron chi connectivity index (χ2n) is 4.99. The largest absolute Gasteiger partial charge is 0.497 e. The predicted octanol–water partition coefficient (Wildman–Crippen LogP) is 3.90. The van der Waals surface area contributed by atoms with Crippen LogP contribution in [0.5, 0.6) is 5.75 Å². The molecule has 2 aromatic heterocycles. The number of thiophene rings is 1. The van der Waals surface area contributed by atoms with Gasteiger partial charge in [0.25, 0.3) is 5.91 Å². The van der Waals surface area contributed by atoms with Gasteiger partial charge in [-0.15, -0.1) is 11.3 Å².